The zero-order valence-corrected chi connectivity index (χ0v) is 14.3. The van der Waals surface area contributed by atoms with Crippen molar-refractivity contribution in [3.63, 3.8) is 0 Å². The largest absolute Gasteiger partial charge is 0.479 e. The van der Waals surface area contributed by atoms with Gasteiger partial charge in [0.25, 0.3) is 11.8 Å². The number of likely N-dealkylation sites (N-methyl/N-ethyl adjacent to an activating group) is 1. The van der Waals surface area contributed by atoms with Crippen LogP contribution in [0.25, 0.3) is 0 Å². The number of ketones is 1. The monoisotopic (exact) mass is 344 g/mol. The average molecular weight is 344 g/mol. The fourth-order valence-corrected chi connectivity index (χ4v) is 3.23. The second-order valence-electron chi connectivity index (χ2n) is 5.51. The SMILES string of the molecule is CC(=O)c1ccc(C(=O)Nc2ccc3c(c2)N(C)C(=O)C(C)O3)s1. The van der Waals surface area contributed by atoms with Gasteiger partial charge in [-0.25, -0.2) is 0 Å². The van der Waals surface area contributed by atoms with E-state index in [0.29, 0.717) is 26.9 Å². The summed E-state index contributed by atoms with van der Waals surface area (Å²) in [6.45, 7) is 3.16. The molecule has 0 saturated carbocycles. The van der Waals surface area contributed by atoms with Crippen molar-refractivity contribution in [2.45, 2.75) is 20.0 Å². The van der Waals surface area contributed by atoms with Crippen LogP contribution in [0.3, 0.4) is 0 Å². The number of hydrogen-bond donors (Lipinski definition) is 1. The van der Waals surface area contributed by atoms with E-state index < -0.39 is 6.10 Å². The van der Waals surface area contributed by atoms with Crippen LogP contribution in [0.15, 0.2) is 30.3 Å². The third kappa shape index (κ3) is 2.90. The van der Waals surface area contributed by atoms with Gasteiger partial charge in [0.1, 0.15) is 5.75 Å². The van der Waals surface area contributed by atoms with Gasteiger partial charge in [-0.3, -0.25) is 14.4 Å². The third-order valence-corrected chi connectivity index (χ3v) is 4.92. The van der Waals surface area contributed by atoms with Gasteiger partial charge < -0.3 is 15.0 Å². The molecule has 0 aliphatic carbocycles. The van der Waals surface area contributed by atoms with Gasteiger partial charge in [-0.05, 0) is 44.2 Å². The van der Waals surface area contributed by atoms with Crippen molar-refractivity contribution >= 4 is 40.3 Å². The van der Waals surface area contributed by atoms with Crippen LogP contribution >= 0.6 is 11.3 Å². The molecule has 1 unspecified atom stereocenters. The number of carbonyl (C=O) groups is 3. The molecule has 1 aromatic heterocycles. The minimum absolute atomic E-state index is 0.0702. The standard InChI is InChI=1S/C17H16N2O4S/c1-9(20)14-6-7-15(24-14)16(21)18-11-4-5-13-12(8-11)19(3)17(22)10(2)23-13/h4-8,10H,1-3H3,(H,18,21). The van der Waals surface area contributed by atoms with Gasteiger partial charge in [0.2, 0.25) is 0 Å². The first-order chi connectivity index (χ1) is 11.4. The van der Waals surface area contributed by atoms with Gasteiger partial charge in [0.15, 0.2) is 11.9 Å². The van der Waals surface area contributed by atoms with Gasteiger partial charge >= 0.3 is 0 Å². The molecule has 1 aliphatic heterocycles. The first kappa shape index (κ1) is 16.2. The Kier molecular flexibility index (Phi) is 4.11. The summed E-state index contributed by atoms with van der Waals surface area (Å²) in [6.07, 6.45) is -0.529. The molecule has 0 saturated heterocycles. The van der Waals surface area contributed by atoms with Crippen molar-refractivity contribution < 1.29 is 19.1 Å². The lowest BCUT2D eigenvalue weighted by molar-refractivity contribution is -0.125. The van der Waals surface area contributed by atoms with E-state index >= 15 is 0 Å². The van der Waals surface area contributed by atoms with Crippen LogP contribution in [0.2, 0.25) is 0 Å². The molecule has 1 aliphatic rings. The van der Waals surface area contributed by atoms with Gasteiger partial charge in [-0.2, -0.15) is 0 Å². The number of thiophene rings is 1. The molecular formula is C17H16N2O4S. The van der Waals surface area contributed by atoms with Crippen molar-refractivity contribution in [1.82, 2.24) is 0 Å². The fourth-order valence-electron chi connectivity index (χ4n) is 2.43. The van der Waals surface area contributed by atoms with E-state index in [1.165, 1.54) is 11.8 Å². The lowest BCUT2D eigenvalue weighted by Crippen LogP contribution is -2.41. The zero-order valence-electron chi connectivity index (χ0n) is 13.5. The Morgan fingerprint density at radius 3 is 2.58 bits per heavy atom. The van der Waals surface area contributed by atoms with Crippen LogP contribution in [0, 0.1) is 0 Å². The highest BCUT2D eigenvalue weighted by Gasteiger charge is 2.29. The fraction of sp³-hybridized carbons (Fsp3) is 0.235. The molecule has 0 bridgehead atoms. The third-order valence-electron chi connectivity index (χ3n) is 3.74. The summed E-state index contributed by atoms with van der Waals surface area (Å²) < 4.78 is 5.55. The molecule has 1 aromatic carbocycles. The summed E-state index contributed by atoms with van der Waals surface area (Å²) >= 11 is 1.15. The number of benzene rings is 1. The van der Waals surface area contributed by atoms with Crippen LogP contribution in [-0.2, 0) is 4.79 Å². The summed E-state index contributed by atoms with van der Waals surface area (Å²) in [6, 6.07) is 8.38. The van der Waals surface area contributed by atoms with Crippen LogP contribution in [0.4, 0.5) is 11.4 Å². The van der Waals surface area contributed by atoms with E-state index in [0.717, 1.165) is 11.3 Å². The molecule has 0 spiro atoms. The Morgan fingerprint density at radius 1 is 1.21 bits per heavy atom. The number of anilines is 2. The van der Waals surface area contributed by atoms with E-state index in [-0.39, 0.29) is 17.6 Å². The number of Topliss-reactive ketones (excluding diaryl/α,β-unsaturated/α-hetero) is 1. The Balaban J connectivity index is 1.82. The number of nitrogens with zero attached hydrogens (tertiary/aromatic N) is 1. The normalized spacial score (nSPS) is 16.4. The molecule has 1 N–H and O–H groups in total. The number of hydrogen-bond acceptors (Lipinski definition) is 5. The summed E-state index contributed by atoms with van der Waals surface area (Å²) in [5, 5.41) is 2.77. The molecular weight excluding hydrogens is 328 g/mol. The molecule has 1 atom stereocenters. The van der Waals surface area contributed by atoms with Gasteiger partial charge in [-0.15, -0.1) is 11.3 Å². The second kappa shape index (κ2) is 6.09. The second-order valence-corrected chi connectivity index (χ2v) is 6.60. The number of nitrogens with one attached hydrogen (secondary N) is 1. The summed E-state index contributed by atoms with van der Waals surface area (Å²) in [5.41, 5.74) is 1.15. The van der Waals surface area contributed by atoms with Crippen LogP contribution in [0.5, 0.6) is 5.75 Å². The van der Waals surface area contributed by atoms with Crippen LogP contribution in [-0.4, -0.2) is 30.7 Å². The molecule has 2 heterocycles. The first-order valence-electron chi connectivity index (χ1n) is 7.37. The number of carbonyl (C=O) groups excluding carboxylic acids is 3. The van der Waals surface area contributed by atoms with Crippen molar-refractivity contribution in [3.8, 4) is 5.75 Å². The lowest BCUT2D eigenvalue weighted by atomic mass is 10.2. The Morgan fingerprint density at radius 2 is 1.92 bits per heavy atom. The van der Waals surface area contributed by atoms with E-state index in [2.05, 4.69) is 5.32 Å². The van der Waals surface area contributed by atoms with E-state index in [9.17, 15) is 14.4 Å². The van der Waals surface area contributed by atoms with E-state index in [4.69, 9.17) is 4.74 Å². The number of rotatable bonds is 3. The van der Waals surface area contributed by atoms with Crippen molar-refractivity contribution in [1.29, 1.82) is 0 Å². The molecule has 6 nitrogen and oxygen atoms in total. The van der Waals surface area contributed by atoms with E-state index in [1.807, 2.05) is 0 Å². The Bertz CT molecular complexity index is 843. The maximum Gasteiger partial charge on any atom is 0.267 e. The lowest BCUT2D eigenvalue weighted by Gasteiger charge is -2.30. The van der Waals surface area contributed by atoms with Gasteiger partial charge in [0.05, 0.1) is 15.4 Å². The minimum Gasteiger partial charge on any atom is -0.479 e. The highest BCUT2D eigenvalue weighted by molar-refractivity contribution is 7.16. The molecule has 124 valence electrons. The predicted molar refractivity (Wildman–Crippen MR) is 92.2 cm³/mol. The average Bonchev–Trinajstić information content (AvgIpc) is 3.04. The van der Waals surface area contributed by atoms with Crippen molar-refractivity contribution in [3.05, 3.63) is 40.1 Å². The van der Waals surface area contributed by atoms with Gasteiger partial charge in [0, 0.05) is 12.7 Å². The molecule has 2 aromatic rings. The topological polar surface area (TPSA) is 75.7 Å². The molecule has 7 heteroatoms. The Labute approximate surface area is 143 Å². The Hall–Kier alpha value is -2.67. The first-order valence-corrected chi connectivity index (χ1v) is 8.19. The van der Waals surface area contributed by atoms with E-state index in [1.54, 1.807) is 44.3 Å². The predicted octanol–water partition coefficient (Wildman–Crippen LogP) is 2.95. The van der Waals surface area contributed by atoms with Crippen molar-refractivity contribution in [2.75, 3.05) is 17.3 Å². The smallest absolute Gasteiger partial charge is 0.267 e. The number of ether oxygens (including phenoxy) is 1. The molecule has 0 fully saturated rings. The quantitative estimate of drug-likeness (QED) is 0.869. The maximum absolute atomic E-state index is 12.3. The number of amides is 2. The minimum atomic E-state index is -0.529. The highest BCUT2D eigenvalue weighted by atomic mass is 32.1. The van der Waals surface area contributed by atoms with Gasteiger partial charge in [-0.1, -0.05) is 0 Å². The molecule has 3 rings (SSSR count). The molecule has 2 amide bonds. The summed E-state index contributed by atoms with van der Waals surface area (Å²) in [5.74, 6) is 0.0821. The summed E-state index contributed by atoms with van der Waals surface area (Å²) in [7, 11) is 1.67. The van der Waals surface area contributed by atoms with Crippen molar-refractivity contribution in [2.24, 2.45) is 0 Å². The zero-order chi connectivity index (χ0) is 17.4. The number of fused-ring (bicyclic) bond motifs is 1. The maximum atomic E-state index is 12.3. The highest BCUT2D eigenvalue weighted by Crippen LogP contribution is 2.35. The van der Waals surface area contributed by atoms with Crippen LogP contribution < -0.4 is 15.0 Å². The molecule has 24 heavy (non-hydrogen) atoms. The molecule has 0 radical (unpaired) electrons. The summed E-state index contributed by atoms with van der Waals surface area (Å²) in [4.78, 5) is 38.1. The van der Waals surface area contributed by atoms with Crippen LogP contribution in [0.1, 0.15) is 33.2 Å².